The van der Waals surface area contributed by atoms with Crippen molar-refractivity contribution in [3.05, 3.63) is 0 Å². The molecule has 0 unspecified atom stereocenters. The molecule has 0 aromatic heterocycles. The lowest BCUT2D eigenvalue weighted by molar-refractivity contribution is -0.339. The number of ether oxygens (including phenoxy) is 4. The van der Waals surface area contributed by atoms with E-state index in [9.17, 15) is 41.0 Å². The van der Waals surface area contributed by atoms with Gasteiger partial charge >= 0.3 is 0 Å². The fourth-order valence-electron chi connectivity index (χ4n) is 2.99. The highest BCUT2D eigenvalue weighted by Crippen LogP contribution is 2.28. The Kier molecular flexibility index (Phi) is 8.31. The van der Waals surface area contributed by atoms with Gasteiger partial charge < -0.3 is 54.7 Å². The molecule has 0 aromatic carbocycles. The minimum Gasteiger partial charge on any atom is -0.394 e. The van der Waals surface area contributed by atoms with Gasteiger partial charge in [0.15, 0.2) is 18.2 Å². The van der Waals surface area contributed by atoms with Crippen LogP contribution in [0.1, 0.15) is 20.3 Å². The highest BCUT2D eigenvalue weighted by Gasteiger charge is 2.48. The Morgan fingerprint density at radius 1 is 0.862 bits per heavy atom. The van der Waals surface area contributed by atoms with Gasteiger partial charge in [-0.05, 0) is 13.3 Å². The first-order valence-corrected chi connectivity index (χ1v) is 9.29. The Hall–Kier alpha value is -0.950. The van der Waals surface area contributed by atoms with Crippen molar-refractivity contribution in [2.75, 3.05) is 13.2 Å². The summed E-state index contributed by atoms with van der Waals surface area (Å²) in [7, 11) is 0. The monoisotopic (exact) mass is 423 g/mol. The molecule has 2 aliphatic heterocycles. The number of nitrogens with zero attached hydrogens (tertiary/aromatic N) is 1. The highest BCUT2D eigenvalue weighted by molar-refractivity contribution is 4.99. The minimum absolute atomic E-state index is 0.265. The van der Waals surface area contributed by atoms with Crippen molar-refractivity contribution in [2.24, 2.45) is 0 Å². The third-order valence-electron chi connectivity index (χ3n) is 5.23. The predicted molar refractivity (Wildman–Crippen MR) is 91.8 cm³/mol. The molecule has 0 saturated carbocycles. The summed E-state index contributed by atoms with van der Waals surface area (Å²) in [6.07, 6.45) is -14.8. The summed E-state index contributed by atoms with van der Waals surface area (Å²) in [4.78, 5) is 0. The van der Waals surface area contributed by atoms with Crippen molar-refractivity contribution >= 4 is 0 Å². The molecule has 0 amide bonds. The molecular weight excluding hydrogens is 394 g/mol. The van der Waals surface area contributed by atoms with E-state index in [1.807, 2.05) is 6.07 Å². The smallest absolute Gasteiger partial charge is 0.188 e. The van der Waals surface area contributed by atoms with E-state index in [4.69, 9.17) is 18.9 Å². The average Bonchev–Trinajstić information content (AvgIpc) is 2.72. The Labute approximate surface area is 167 Å². The second-order valence-corrected chi connectivity index (χ2v) is 7.36. The van der Waals surface area contributed by atoms with Crippen LogP contribution in [0.4, 0.5) is 0 Å². The predicted octanol–water partition coefficient (Wildman–Crippen LogP) is -3.68. The minimum atomic E-state index is -1.67. The van der Waals surface area contributed by atoms with Gasteiger partial charge in [0.25, 0.3) is 0 Å². The normalized spacial score (nSPS) is 45.4. The van der Waals surface area contributed by atoms with Gasteiger partial charge in [-0.3, -0.25) is 0 Å². The van der Waals surface area contributed by atoms with E-state index in [1.165, 1.54) is 6.92 Å². The van der Waals surface area contributed by atoms with Crippen LogP contribution in [0.5, 0.6) is 0 Å². The molecule has 12 heteroatoms. The molecule has 0 aliphatic carbocycles. The van der Waals surface area contributed by atoms with Gasteiger partial charge in [0, 0.05) is 0 Å². The van der Waals surface area contributed by atoms with Crippen molar-refractivity contribution in [1.29, 1.82) is 5.26 Å². The lowest BCUT2D eigenvalue weighted by atomic mass is 9.98. The molecule has 2 aliphatic rings. The van der Waals surface area contributed by atoms with Crippen LogP contribution in [-0.2, 0) is 18.9 Å². The maximum atomic E-state index is 10.2. The zero-order valence-corrected chi connectivity index (χ0v) is 16.1. The lowest BCUT2D eigenvalue weighted by Gasteiger charge is -2.43. The van der Waals surface area contributed by atoms with E-state index in [0.717, 1.165) is 0 Å². The SMILES string of the molecule is CC[C@](C)(C#N)O[C@@H]1O[C@H](CO[C@@H]2O[C@H](CO)[C@@H](O)[C@H](O)[C@@H]2O)[C@@H](O)[C@H](O)[C@H]1O. The first kappa shape index (κ1) is 24.3. The van der Waals surface area contributed by atoms with Crippen LogP contribution in [-0.4, -0.2) is 116 Å². The zero-order chi connectivity index (χ0) is 21.9. The summed E-state index contributed by atoms with van der Waals surface area (Å²) >= 11 is 0. The maximum Gasteiger partial charge on any atom is 0.188 e. The van der Waals surface area contributed by atoms with Crippen LogP contribution in [0.2, 0.25) is 0 Å². The van der Waals surface area contributed by atoms with Gasteiger partial charge in [0.1, 0.15) is 48.8 Å². The van der Waals surface area contributed by atoms with Crippen LogP contribution in [0.25, 0.3) is 0 Å². The summed E-state index contributed by atoms with van der Waals surface area (Å²) in [5.74, 6) is 0. The number of nitriles is 1. The van der Waals surface area contributed by atoms with Gasteiger partial charge in [-0.25, -0.2) is 0 Å². The van der Waals surface area contributed by atoms with Gasteiger partial charge in [-0.2, -0.15) is 5.26 Å². The Balaban J connectivity index is 2.04. The molecule has 168 valence electrons. The number of hydrogen-bond donors (Lipinski definition) is 7. The van der Waals surface area contributed by atoms with E-state index in [1.54, 1.807) is 6.92 Å². The first-order valence-electron chi connectivity index (χ1n) is 9.29. The third kappa shape index (κ3) is 5.22. The molecule has 0 bridgehead atoms. The van der Waals surface area contributed by atoms with E-state index in [-0.39, 0.29) is 6.42 Å². The van der Waals surface area contributed by atoms with Crippen LogP contribution >= 0.6 is 0 Å². The van der Waals surface area contributed by atoms with Crippen molar-refractivity contribution in [3.63, 3.8) is 0 Å². The topological polar surface area (TPSA) is 202 Å². The number of hydrogen-bond acceptors (Lipinski definition) is 12. The standard InChI is InChI=1S/C17H29NO11/c1-3-17(2,6-18)29-16-14(25)12(23)10(21)8(28-16)5-26-15-13(24)11(22)9(20)7(4-19)27-15/h7-16,19-25H,3-5H2,1-2H3/t7-,8-,9-,10-,11+,12+,13+,14-,15-,16+,17-/m1/s1. The summed E-state index contributed by atoms with van der Waals surface area (Å²) in [5, 5.41) is 78.3. The zero-order valence-electron chi connectivity index (χ0n) is 16.1. The quantitative estimate of drug-likeness (QED) is 0.212. The van der Waals surface area contributed by atoms with Gasteiger partial charge in [-0.15, -0.1) is 0 Å². The van der Waals surface area contributed by atoms with Crippen molar-refractivity contribution < 1.29 is 54.7 Å². The van der Waals surface area contributed by atoms with Crippen molar-refractivity contribution in [2.45, 2.75) is 87.3 Å². The number of aliphatic hydroxyl groups is 7. The molecule has 2 heterocycles. The fourth-order valence-corrected chi connectivity index (χ4v) is 2.99. The highest BCUT2D eigenvalue weighted by atomic mass is 16.7. The Morgan fingerprint density at radius 3 is 1.90 bits per heavy atom. The summed E-state index contributed by atoms with van der Waals surface area (Å²) < 4.78 is 21.4. The molecule has 29 heavy (non-hydrogen) atoms. The molecular formula is C17H29NO11. The Morgan fingerprint density at radius 2 is 1.38 bits per heavy atom. The molecule has 0 aromatic rings. The molecule has 2 rings (SSSR count). The van der Waals surface area contributed by atoms with Crippen LogP contribution < -0.4 is 0 Å². The average molecular weight is 423 g/mol. The van der Waals surface area contributed by atoms with E-state index in [0.29, 0.717) is 0 Å². The molecule has 2 saturated heterocycles. The molecule has 12 nitrogen and oxygen atoms in total. The number of aliphatic hydroxyl groups excluding tert-OH is 7. The lowest BCUT2D eigenvalue weighted by Crippen LogP contribution is -2.62. The Bertz CT molecular complexity index is 572. The first-order chi connectivity index (χ1) is 13.6. The van der Waals surface area contributed by atoms with Crippen LogP contribution in [0.3, 0.4) is 0 Å². The number of rotatable bonds is 7. The van der Waals surface area contributed by atoms with Gasteiger partial charge in [-0.1, -0.05) is 6.92 Å². The summed E-state index contributed by atoms with van der Waals surface area (Å²) in [5.41, 5.74) is -1.31. The second-order valence-electron chi connectivity index (χ2n) is 7.36. The second kappa shape index (κ2) is 9.90. The molecule has 2 fully saturated rings. The van der Waals surface area contributed by atoms with Crippen molar-refractivity contribution in [3.8, 4) is 6.07 Å². The summed E-state index contributed by atoms with van der Waals surface area (Å²) in [6.45, 7) is 2.05. The van der Waals surface area contributed by atoms with Gasteiger partial charge in [0.2, 0.25) is 0 Å². The van der Waals surface area contributed by atoms with E-state index >= 15 is 0 Å². The molecule has 0 spiro atoms. The van der Waals surface area contributed by atoms with Crippen LogP contribution in [0.15, 0.2) is 0 Å². The summed E-state index contributed by atoms with van der Waals surface area (Å²) in [6, 6.07) is 1.93. The molecule has 7 N–H and O–H groups in total. The van der Waals surface area contributed by atoms with E-state index in [2.05, 4.69) is 0 Å². The molecule has 0 radical (unpaired) electrons. The van der Waals surface area contributed by atoms with E-state index < -0.39 is 80.2 Å². The van der Waals surface area contributed by atoms with Crippen LogP contribution in [0, 0.1) is 11.3 Å². The third-order valence-corrected chi connectivity index (χ3v) is 5.23. The fraction of sp³-hybridized carbons (Fsp3) is 0.941. The van der Waals surface area contributed by atoms with Gasteiger partial charge in [0.05, 0.1) is 19.3 Å². The largest absolute Gasteiger partial charge is 0.394 e. The van der Waals surface area contributed by atoms with Crippen molar-refractivity contribution in [1.82, 2.24) is 0 Å². The maximum absolute atomic E-state index is 10.2. The molecule has 11 atom stereocenters.